The Morgan fingerprint density at radius 1 is 1.32 bits per heavy atom. The summed E-state index contributed by atoms with van der Waals surface area (Å²) in [6.45, 7) is 7.19. The van der Waals surface area contributed by atoms with Crippen LogP contribution in [0.3, 0.4) is 0 Å². The van der Waals surface area contributed by atoms with Gasteiger partial charge in [0, 0.05) is 19.7 Å². The fraction of sp³-hybridized carbons (Fsp3) is 0.846. The SMILES string of the molecule is CC(C)(C)OC(=O)N1CC(CCCOCC(=O)O)C1. The molecule has 0 aromatic heterocycles. The summed E-state index contributed by atoms with van der Waals surface area (Å²) in [4.78, 5) is 23.6. The highest BCUT2D eigenvalue weighted by Gasteiger charge is 2.33. The lowest BCUT2D eigenvalue weighted by molar-refractivity contribution is -0.142. The van der Waals surface area contributed by atoms with E-state index in [4.69, 9.17) is 14.6 Å². The van der Waals surface area contributed by atoms with Crippen LogP contribution in [0.25, 0.3) is 0 Å². The molecule has 110 valence electrons. The predicted octanol–water partition coefficient (Wildman–Crippen LogP) is 1.73. The van der Waals surface area contributed by atoms with Crippen molar-refractivity contribution in [2.45, 2.75) is 39.2 Å². The summed E-state index contributed by atoms with van der Waals surface area (Å²) in [5.74, 6) is -0.472. The molecular formula is C13H23NO5. The Kier molecular flexibility index (Phi) is 5.60. The lowest BCUT2D eigenvalue weighted by Gasteiger charge is -2.39. The van der Waals surface area contributed by atoms with E-state index in [0.29, 0.717) is 25.6 Å². The highest BCUT2D eigenvalue weighted by molar-refractivity contribution is 5.69. The zero-order chi connectivity index (χ0) is 14.5. The smallest absolute Gasteiger partial charge is 0.410 e. The van der Waals surface area contributed by atoms with Crippen molar-refractivity contribution in [2.24, 2.45) is 5.92 Å². The summed E-state index contributed by atoms with van der Waals surface area (Å²) in [7, 11) is 0. The van der Waals surface area contributed by atoms with Gasteiger partial charge >= 0.3 is 12.1 Å². The maximum atomic E-state index is 11.7. The first kappa shape index (κ1) is 15.8. The number of ether oxygens (including phenoxy) is 2. The average Bonchev–Trinajstić information content (AvgIpc) is 2.16. The van der Waals surface area contributed by atoms with Crippen molar-refractivity contribution in [3.63, 3.8) is 0 Å². The third-order valence-corrected chi connectivity index (χ3v) is 2.74. The number of hydrogen-bond acceptors (Lipinski definition) is 4. The Bertz CT molecular complexity index is 317. The van der Waals surface area contributed by atoms with Crippen LogP contribution in [0.5, 0.6) is 0 Å². The Morgan fingerprint density at radius 3 is 2.47 bits per heavy atom. The molecule has 19 heavy (non-hydrogen) atoms. The molecule has 0 spiro atoms. The fourth-order valence-corrected chi connectivity index (χ4v) is 1.86. The minimum Gasteiger partial charge on any atom is -0.480 e. The number of aliphatic carboxylic acids is 1. The maximum Gasteiger partial charge on any atom is 0.410 e. The van der Waals surface area contributed by atoms with Gasteiger partial charge in [-0.3, -0.25) is 0 Å². The molecule has 0 radical (unpaired) electrons. The van der Waals surface area contributed by atoms with Crippen LogP contribution >= 0.6 is 0 Å². The van der Waals surface area contributed by atoms with Crippen LogP contribution in [0, 0.1) is 5.92 Å². The van der Waals surface area contributed by atoms with Crippen LogP contribution in [0.2, 0.25) is 0 Å². The molecule has 1 rings (SSSR count). The molecule has 0 aromatic rings. The molecular weight excluding hydrogens is 250 g/mol. The van der Waals surface area contributed by atoms with Crippen molar-refractivity contribution in [3.05, 3.63) is 0 Å². The second kappa shape index (κ2) is 6.75. The van der Waals surface area contributed by atoms with Crippen LogP contribution < -0.4 is 0 Å². The first-order valence-corrected chi connectivity index (χ1v) is 6.55. The summed E-state index contributed by atoms with van der Waals surface area (Å²) in [5.41, 5.74) is -0.452. The van der Waals surface area contributed by atoms with Gasteiger partial charge < -0.3 is 19.5 Å². The number of carbonyl (C=O) groups is 2. The zero-order valence-corrected chi connectivity index (χ0v) is 11.8. The van der Waals surface area contributed by atoms with Gasteiger partial charge in [0.2, 0.25) is 0 Å². The minimum absolute atomic E-state index is 0.241. The summed E-state index contributed by atoms with van der Waals surface area (Å²) < 4.78 is 10.2. The lowest BCUT2D eigenvalue weighted by atomic mass is 9.95. The number of nitrogens with zero attached hydrogens (tertiary/aromatic N) is 1. The standard InChI is InChI=1S/C13H23NO5/c1-13(2,3)19-12(17)14-7-10(8-14)5-4-6-18-9-11(15)16/h10H,4-9H2,1-3H3,(H,15,16). The Balaban J connectivity index is 2.04. The molecule has 1 aliphatic heterocycles. The molecule has 1 aliphatic rings. The number of hydrogen-bond donors (Lipinski definition) is 1. The molecule has 0 aromatic carbocycles. The quantitative estimate of drug-likeness (QED) is 0.746. The normalized spacial score (nSPS) is 16.1. The summed E-state index contributed by atoms with van der Waals surface area (Å²) in [6.07, 6.45) is 1.50. The summed E-state index contributed by atoms with van der Waals surface area (Å²) in [6, 6.07) is 0. The molecule has 0 unspecified atom stereocenters. The average molecular weight is 273 g/mol. The van der Waals surface area contributed by atoms with Crippen molar-refractivity contribution in [1.29, 1.82) is 0 Å². The molecule has 1 fully saturated rings. The van der Waals surface area contributed by atoms with E-state index in [9.17, 15) is 9.59 Å². The number of likely N-dealkylation sites (tertiary alicyclic amines) is 1. The summed E-state index contributed by atoms with van der Waals surface area (Å²) in [5, 5.41) is 8.38. The Labute approximate surface area is 113 Å². The van der Waals surface area contributed by atoms with Crippen LogP contribution in [-0.4, -0.2) is 54.0 Å². The molecule has 0 bridgehead atoms. The highest BCUT2D eigenvalue weighted by atomic mass is 16.6. The van der Waals surface area contributed by atoms with Crippen LogP contribution in [-0.2, 0) is 14.3 Å². The van der Waals surface area contributed by atoms with Gasteiger partial charge in [-0.1, -0.05) is 0 Å². The minimum atomic E-state index is -0.945. The number of rotatable bonds is 6. The van der Waals surface area contributed by atoms with Crippen LogP contribution in [0.4, 0.5) is 4.79 Å². The van der Waals surface area contributed by atoms with Gasteiger partial charge in [0.1, 0.15) is 12.2 Å². The third kappa shape index (κ3) is 6.42. The number of carboxylic acids is 1. The second-order valence-corrected chi connectivity index (χ2v) is 5.84. The van der Waals surface area contributed by atoms with Crippen molar-refractivity contribution in [3.8, 4) is 0 Å². The molecule has 0 saturated carbocycles. The predicted molar refractivity (Wildman–Crippen MR) is 69.0 cm³/mol. The Morgan fingerprint density at radius 2 is 1.95 bits per heavy atom. The first-order chi connectivity index (χ1) is 8.78. The molecule has 6 heteroatoms. The molecule has 1 N–H and O–H groups in total. The molecule has 1 heterocycles. The highest BCUT2D eigenvalue weighted by Crippen LogP contribution is 2.22. The van der Waals surface area contributed by atoms with Gasteiger partial charge in [-0.15, -0.1) is 0 Å². The van der Waals surface area contributed by atoms with Crippen molar-refractivity contribution < 1.29 is 24.2 Å². The van der Waals surface area contributed by atoms with Gasteiger partial charge in [0.25, 0.3) is 0 Å². The van der Waals surface area contributed by atoms with Crippen LogP contribution in [0.1, 0.15) is 33.6 Å². The topological polar surface area (TPSA) is 76.1 Å². The van der Waals surface area contributed by atoms with Gasteiger partial charge in [0.15, 0.2) is 0 Å². The third-order valence-electron chi connectivity index (χ3n) is 2.74. The van der Waals surface area contributed by atoms with Gasteiger partial charge in [-0.2, -0.15) is 0 Å². The van der Waals surface area contributed by atoms with Crippen molar-refractivity contribution in [2.75, 3.05) is 26.3 Å². The van der Waals surface area contributed by atoms with Crippen molar-refractivity contribution >= 4 is 12.1 Å². The molecule has 0 atom stereocenters. The van der Waals surface area contributed by atoms with Gasteiger partial charge in [-0.25, -0.2) is 9.59 Å². The van der Waals surface area contributed by atoms with E-state index in [2.05, 4.69) is 0 Å². The van der Waals surface area contributed by atoms with Gasteiger partial charge in [0.05, 0.1) is 0 Å². The van der Waals surface area contributed by atoms with E-state index >= 15 is 0 Å². The first-order valence-electron chi connectivity index (χ1n) is 6.55. The largest absolute Gasteiger partial charge is 0.480 e. The van der Waals surface area contributed by atoms with E-state index in [-0.39, 0.29) is 12.7 Å². The monoisotopic (exact) mass is 273 g/mol. The molecule has 0 aliphatic carbocycles. The number of amides is 1. The van der Waals surface area contributed by atoms with Gasteiger partial charge in [-0.05, 0) is 39.5 Å². The van der Waals surface area contributed by atoms with E-state index in [1.807, 2.05) is 20.8 Å². The zero-order valence-electron chi connectivity index (χ0n) is 11.8. The molecule has 6 nitrogen and oxygen atoms in total. The van der Waals surface area contributed by atoms with E-state index in [1.54, 1.807) is 4.90 Å². The Hall–Kier alpha value is -1.30. The maximum absolute atomic E-state index is 11.7. The number of carbonyl (C=O) groups excluding carboxylic acids is 1. The van der Waals surface area contributed by atoms with Crippen molar-refractivity contribution in [1.82, 2.24) is 4.90 Å². The van der Waals surface area contributed by atoms with E-state index in [0.717, 1.165) is 12.8 Å². The molecule has 1 amide bonds. The molecule has 1 saturated heterocycles. The number of carboxylic acid groups (broad SMARTS) is 1. The summed E-state index contributed by atoms with van der Waals surface area (Å²) >= 11 is 0. The lowest BCUT2D eigenvalue weighted by Crippen LogP contribution is -2.51. The fourth-order valence-electron chi connectivity index (χ4n) is 1.86. The van der Waals surface area contributed by atoms with Crippen LogP contribution in [0.15, 0.2) is 0 Å². The second-order valence-electron chi connectivity index (χ2n) is 5.84. The van der Waals surface area contributed by atoms with E-state index < -0.39 is 11.6 Å². The van der Waals surface area contributed by atoms with E-state index in [1.165, 1.54) is 0 Å².